The highest BCUT2D eigenvalue weighted by Gasteiger charge is 2.28. The van der Waals surface area contributed by atoms with Gasteiger partial charge < -0.3 is 14.7 Å². The predicted octanol–water partition coefficient (Wildman–Crippen LogP) is 21.0. The zero-order valence-electron chi connectivity index (χ0n) is 47.1. The van der Waals surface area contributed by atoms with Gasteiger partial charge in [0.25, 0.3) is 0 Å². The highest BCUT2D eigenvalue weighted by molar-refractivity contribution is 7.17. The molecule has 0 amide bonds. The van der Waals surface area contributed by atoms with E-state index in [2.05, 4.69) is 291 Å². The second kappa shape index (κ2) is 19.1. The Balaban J connectivity index is 1.38. The van der Waals surface area contributed by atoms with Crippen molar-refractivity contribution in [2.45, 2.75) is 159 Å². The third-order valence-electron chi connectivity index (χ3n) is 14.5. The molecule has 0 aliphatic rings. The first kappa shape index (κ1) is 52.2. The summed E-state index contributed by atoms with van der Waals surface area (Å²) in [5.41, 5.74) is 21.9. The summed E-state index contributed by atoms with van der Waals surface area (Å²) in [6.45, 7) is 43.6. The van der Waals surface area contributed by atoms with Gasteiger partial charge in [-0.2, -0.15) is 0 Å². The summed E-state index contributed by atoms with van der Waals surface area (Å²) >= 11 is 1.83. The third-order valence-corrected chi connectivity index (χ3v) is 15.5. The topological polar surface area (TPSA) is 9.72 Å². The van der Waals surface area contributed by atoms with Crippen LogP contribution in [0.3, 0.4) is 0 Å². The van der Waals surface area contributed by atoms with Crippen molar-refractivity contribution in [2.75, 3.05) is 14.7 Å². The lowest BCUT2D eigenvalue weighted by atomic mass is 9.84. The standard InChI is InChI=1S/C68H81N3S/c1-44-37-59(47(4)60(38-44)71(55-34-27-50(28-35-55)66(11,12)13)61-43-72-62-36-29-51(41-58(61)62)67(14,15)16)69(53-30-23-48(24-31-53)64(5,6)7)56-21-20-22-57(42-56)70(54-32-25-49(26-33-54)65(8,9)10)63-45(2)39-52(40-46(63)3)68(17,18)19/h20-43H,1-19H3. The van der Waals surface area contributed by atoms with Crippen molar-refractivity contribution in [3.8, 4) is 0 Å². The second-order valence-corrected chi connectivity index (χ2v) is 26.5. The molecule has 0 N–H and O–H groups in total. The normalized spacial score (nSPS) is 12.7. The fourth-order valence-corrected chi connectivity index (χ4v) is 10.9. The Kier molecular flexibility index (Phi) is 13.8. The number of anilines is 9. The lowest BCUT2D eigenvalue weighted by Crippen LogP contribution is -2.18. The van der Waals surface area contributed by atoms with E-state index < -0.39 is 0 Å². The van der Waals surface area contributed by atoms with Gasteiger partial charge in [0.15, 0.2) is 0 Å². The minimum Gasteiger partial charge on any atom is -0.310 e. The van der Waals surface area contributed by atoms with Gasteiger partial charge in [-0.1, -0.05) is 165 Å². The van der Waals surface area contributed by atoms with Crippen LogP contribution in [0.2, 0.25) is 0 Å². The zero-order chi connectivity index (χ0) is 52.5. The van der Waals surface area contributed by atoms with Crippen LogP contribution >= 0.6 is 11.3 Å². The Bertz CT molecular complexity index is 3200. The molecule has 1 aromatic heterocycles. The molecule has 3 nitrogen and oxygen atoms in total. The number of nitrogens with zero attached hydrogens (tertiary/aromatic N) is 3. The van der Waals surface area contributed by atoms with Gasteiger partial charge in [0.1, 0.15) is 0 Å². The third kappa shape index (κ3) is 10.7. The Morgan fingerprint density at radius 1 is 0.333 bits per heavy atom. The maximum Gasteiger partial charge on any atom is 0.0647 e. The average Bonchev–Trinajstić information content (AvgIpc) is 3.71. The van der Waals surface area contributed by atoms with E-state index in [-0.39, 0.29) is 27.1 Å². The minimum absolute atomic E-state index is 0.00924. The molecule has 1 heterocycles. The first-order valence-corrected chi connectivity index (χ1v) is 27.0. The first-order chi connectivity index (χ1) is 33.5. The van der Waals surface area contributed by atoms with Crippen LogP contribution in [0.25, 0.3) is 10.1 Å². The largest absolute Gasteiger partial charge is 0.310 e. The molecule has 0 radical (unpaired) electrons. The molecular weight excluding hydrogens is 891 g/mol. The summed E-state index contributed by atoms with van der Waals surface area (Å²) < 4.78 is 1.29. The fourth-order valence-electron chi connectivity index (χ4n) is 10.0. The van der Waals surface area contributed by atoms with Gasteiger partial charge in [0.05, 0.1) is 22.7 Å². The maximum absolute atomic E-state index is 2.52. The van der Waals surface area contributed by atoms with Crippen LogP contribution in [0.4, 0.5) is 51.2 Å². The van der Waals surface area contributed by atoms with Crippen molar-refractivity contribution < 1.29 is 0 Å². The number of thiophene rings is 1. The molecule has 0 spiro atoms. The minimum atomic E-state index is 0.00924. The van der Waals surface area contributed by atoms with Gasteiger partial charge in [-0.25, -0.2) is 0 Å². The van der Waals surface area contributed by atoms with Crippen LogP contribution in [0.1, 0.15) is 154 Å². The Hall–Kier alpha value is -6.10. The van der Waals surface area contributed by atoms with Crippen molar-refractivity contribution in [1.82, 2.24) is 0 Å². The molecule has 0 atom stereocenters. The average molecular weight is 972 g/mol. The van der Waals surface area contributed by atoms with Crippen LogP contribution in [-0.2, 0) is 27.1 Å². The molecular formula is C68H81N3S. The smallest absolute Gasteiger partial charge is 0.0647 e. The lowest BCUT2D eigenvalue weighted by molar-refractivity contribution is 0.589. The van der Waals surface area contributed by atoms with E-state index in [1.807, 2.05) is 11.3 Å². The fraction of sp³-hybridized carbons (Fsp3) is 0.353. The van der Waals surface area contributed by atoms with Crippen molar-refractivity contribution >= 4 is 72.6 Å². The maximum atomic E-state index is 2.52. The van der Waals surface area contributed by atoms with E-state index in [1.54, 1.807) is 0 Å². The van der Waals surface area contributed by atoms with Crippen LogP contribution < -0.4 is 14.7 Å². The molecule has 0 aliphatic carbocycles. The molecule has 8 aromatic rings. The number of aryl methyl sites for hydroxylation is 3. The number of benzene rings is 7. The Morgan fingerprint density at radius 2 is 0.722 bits per heavy atom. The van der Waals surface area contributed by atoms with Crippen molar-refractivity contribution in [1.29, 1.82) is 0 Å². The van der Waals surface area contributed by atoms with Crippen LogP contribution in [0.15, 0.2) is 145 Å². The lowest BCUT2D eigenvalue weighted by Gasteiger charge is -2.34. The van der Waals surface area contributed by atoms with Gasteiger partial charge in [-0.05, 0) is 184 Å². The second-order valence-electron chi connectivity index (χ2n) is 25.6. The molecule has 0 bridgehead atoms. The summed E-state index contributed by atoms with van der Waals surface area (Å²) in [6.07, 6.45) is 0. The number of fused-ring (bicyclic) bond motifs is 1. The van der Waals surface area contributed by atoms with E-state index in [4.69, 9.17) is 0 Å². The number of hydrogen-bond donors (Lipinski definition) is 0. The summed E-state index contributed by atoms with van der Waals surface area (Å²) in [4.78, 5) is 7.50. The highest BCUT2D eigenvalue weighted by atomic mass is 32.1. The molecule has 7 aromatic carbocycles. The molecule has 8 rings (SSSR count). The van der Waals surface area contributed by atoms with E-state index in [0.29, 0.717) is 0 Å². The summed E-state index contributed by atoms with van der Waals surface area (Å²) in [5, 5.41) is 3.64. The van der Waals surface area contributed by atoms with E-state index >= 15 is 0 Å². The van der Waals surface area contributed by atoms with Crippen molar-refractivity contribution in [3.63, 3.8) is 0 Å². The molecule has 72 heavy (non-hydrogen) atoms. The summed E-state index contributed by atoms with van der Waals surface area (Å²) in [6, 6.07) is 53.6. The van der Waals surface area contributed by atoms with E-state index in [9.17, 15) is 0 Å². The Labute approximate surface area is 438 Å². The highest BCUT2D eigenvalue weighted by Crippen LogP contribution is 2.50. The van der Waals surface area contributed by atoms with Gasteiger partial charge in [-0.15, -0.1) is 11.3 Å². The first-order valence-electron chi connectivity index (χ1n) is 26.1. The van der Waals surface area contributed by atoms with E-state index in [0.717, 1.165) is 39.8 Å². The molecule has 0 saturated carbocycles. The summed E-state index contributed by atoms with van der Waals surface area (Å²) in [7, 11) is 0. The van der Waals surface area contributed by atoms with Gasteiger partial charge >= 0.3 is 0 Å². The van der Waals surface area contributed by atoms with Gasteiger partial charge in [0.2, 0.25) is 0 Å². The molecule has 4 heteroatoms. The molecule has 0 aliphatic heterocycles. The van der Waals surface area contributed by atoms with Crippen LogP contribution in [-0.4, -0.2) is 0 Å². The molecule has 0 unspecified atom stereocenters. The molecule has 0 saturated heterocycles. The zero-order valence-corrected chi connectivity index (χ0v) is 47.9. The Morgan fingerprint density at radius 3 is 1.17 bits per heavy atom. The molecule has 374 valence electrons. The monoisotopic (exact) mass is 972 g/mol. The quantitative estimate of drug-likeness (QED) is 0.143. The summed E-state index contributed by atoms with van der Waals surface area (Å²) in [5.74, 6) is 0. The van der Waals surface area contributed by atoms with Crippen LogP contribution in [0, 0.1) is 27.7 Å². The van der Waals surface area contributed by atoms with Crippen LogP contribution in [0.5, 0.6) is 0 Å². The van der Waals surface area contributed by atoms with Gasteiger partial charge in [0, 0.05) is 43.9 Å². The van der Waals surface area contributed by atoms with Crippen molar-refractivity contribution in [2.24, 2.45) is 0 Å². The van der Waals surface area contributed by atoms with Crippen molar-refractivity contribution in [3.05, 3.63) is 195 Å². The number of rotatable bonds is 9. The molecule has 0 fully saturated rings. The SMILES string of the molecule is Cc1cc(N(c2ccc(C(C)(C)C)cc2)c2cccc(N(c3ccc(C(C)(C)C)cc3)c3c(C)cc(C(C)(C)C)cc3C)c2)c(C)c(N(c2ccc(C(C)(C)C)cc2)c2csc3ccc(C(C)(C)C)cc23)c1. The van der Waals surface area contributed by atoms with Gasteiger partial charge in [-0.3, -0.25) is 0 Å². The predicted molar refractivity (Wildman–Crippen MR) is 318 cm³/mol. The number of hydrogen-bond acceptors (Lipinski definition) is 4. The van der Waals surface area contributed by atoms with E-state index in [1.165, 1.54) is 71.5 Å².